The number of rotatable bonds is 8. The summed E-state index contributed by atoms with van der Waals surface area (Å²) >= 11 is 6.52. The molecule has 2 amide bonds. The second kappa shape index (κ2) is 16.9. The highest BCUT2D eigenvalue weighted by Crippen LogP contribution is 2.34. The lowest BCUT2D eigenvalue weighted by Crippen LogP contribution is -2.37. The SMILES string of the molecule is CC(=O)NCCCOC1/C=C/C[C@@H](C)OC(=O)c2c(C)cc(O)c(Cl)c2CC(=N\OCC(=O)N2CCCCC2)/C=C/C1. The number of oxime groups is 1. The quantitative estimate of drug-likeness (QED) is 0.192. The van der Waals surface area contributed by atoms with E-state index in [4.69, 9.17) is 25.9 Å². The summed E-state index contributed by atoms with van der Waals surface area (Å²) in [6.45, 7) is 7.15. The van der Waals surface area contributed by atoms with Crippen LogP contribution in [0.2, 0.25) is 5.02 Å². The molecule has 0 spiro atoms. The summed E-state index contributed by atoms with van der Waals surface area (Å²) in [6.07, 6.45) is 11.5. The highest BCUT2D eigenvalue weighted by Gasteiger charge is 2.24. The summed E-state index contributed by atoms with van der Waals surface area (Å²) in [4.78, 5) is 44.3. The monoisotopic (exact) mass is 603 g/mol. The maximum atomic E-state index is 13.3. The van der Waals surface area contributed by atoms with E-state index in [1.807, 2.05) is 18.2 Å². The Morgan fingerprint density at radius 1 is 1.21 bits per heavy atom. The van der Waals surface area contributed by atoms with Gasteiger partial charge >= 0.3 is 5.97 Å². The summed E-state index contributed by atoms with van der Waals surface area (Å²) in [6, 6.07) is 1.43. The van der Waals surface area contributed by atoms with E-state index in [0.717, 1.165) is 19.3 Å². The van der Waals surface area contributed by atoms with E-state index >= 15 is 0 Å². The lowest BCUT2D eigenvalue weighted by Gasteiger charge is -2.26. The van der Waals surface area contributed by atoms with Gasteiger partial charge in [-0.25, -0.2) is 4.79 Å². The van der Waals surface area contributed by atoms with Crippen LogP contribution in [0.1, 0.15) is 73.9 Å². The van der Waals surface area contributed by atoms with Gasteiger partial charge in [0.15, 0.2) is 6.61 Å². The molecular formula is C31H42ClN3O7. The van der Waals surface area contributed by atoms with Gasteiger partial charge in [0.25, 0.3) is 5.91 Å². The summed E-state index contributed by atoms with van der Waals surface area (Å²) < 4.78 is 11.8. The number of phenols is 1. The predicted molar refractivity (Wildman–Crippen MR) is 161 cm³/mol. The predicted octanol–water partition coefficient (Wildman–Crippen LogP) is 4.64. The Kier molecular flexibility index (Phi) is 13.3. The average molecular weight is 604 g/mol. The third kappa shape index (κ3) is 10.5. The largest absolute Gasteiger partial charge is 0.506 e. The third-order valence-corrected chi connectivity index (χ3v) is 7.43. The first kappa shape index (κ1) is 33.1. The molecule has 0 bridgehead atoms. The third-order valence-electron chi connectivity index (χ3n) is 7.01. The molecule has 2 aliphatic rings. The number of benzene rings is 1. The number of ether oxygens (including phenoxy) is 2. The molecule has 230 valence electrons. The Labute approximate surface area is 252 Å². The highest BCUT2D eigenvalue weighted by molar-refractivity contribution is 6.33. The summed E-state index contributed by atoms with van der Waals surface area (Å²) in [5, 5.41) is 17.5. The molecule has 0 aliphatic carbocycles. The summed E-state index contributed by atoms with van der Waals surface area (Å²) in [5.41, 5.74) is 1.54. The summed E-state index contributed by atoms with van der Waals surface area (Å²) in [5.74, 6) is -0.935. The van der Waals surface area contributed by atoms with Crippen molar-refractivity contribution in [1.29, 1.82) is 0 Å². The topological polar surface area (TPSA) is 127 Å². The molecule has 2 aliphatic heterocycles. The molecule has 3 rings (SSSR count). The van der Waals surface area contributed by atoms with Crippen molar-refractivity contribution in [3.8, 4) is 5.75 Å². The van der Waals surface area contributed by atoms with E-state index in [-0.39, 0.29) is 47.3 Å². The minimum absolute atomic E-state index is 0.0260. The standard InChI is InChI=1S/C31H42ClN3O7/c1-21-18-27(37)30(32)26-19-24(34-41-20-28(38)35-15-5-4-6-16-35)11-8-13-25(40-17-9-14-33-23(3)36)12-7-10-22(2)42-31(39)29(21)26/h7-8,11-12,18,22,25,37H,4-6,9-10,13-17,19-20H2,1-3H3,(H,33,36)/b11-8+,12-7+,34-24-/t22-,25?/m1/s1. The Balaban J connectivity index is 1.86. The number of cyclic esters (lactones) is 1. The first-order valence-electron chi connectivity index (χ1n) is 14.5. The molecule has 1 fully saturated rings. The van der Waals surface area contributed by atoms with Gasteiger partial charge in [0.05, 0.1) is 22.4 Å². The van der Waals surface area contributed by atoms with Crippen LogP contribution in [0.25, 0.3) is 0 Å². The van der Waals surface area contributed by atoms with Gasteiger partial charge < -0.3 is 29.6 Å². The van der Waals surface area contributed by atoms with Crippen molar-refractivity contribution in [2.75, 3.05) is 32.8 Å². The van der Waals surface area contributed by atoms with Gasteiger partial charge in [-0.1, -0.05) is 35.0 Å². The van der Waals surface area contributed by atoms with Crippen molar-refractivity contribution >= 4 is 35.1 Å². The van der Waals surface area contributed by atoms with Gasteiger partial charge in [0, 0.05) is 46.0 Å². The fraction of sp³-hybridized carbons (Fsp3) is 0.548. The number of carbonyl (C=O) groups is 3. The number of phenolic OH excluding ortho intramolecular Hbond substituents is 1. The second-order valence-electron chi connectivity index (χ2n) is 10.6. The van der Waals surface area contributed by atoms with Crippen molar-refractivity contribution in [1.82, 2.24) is 10.2 Å². The van der Waals surface area contributed by atoms with Crippen LogP contribution < -0.4 is 5.32 Å². The molecule has 1 aromatic rings. The van der Waals surface area contributed by atoms with Crippen molar-refractivity contribution in [2.45, 2.75) is 77.9 Å². The molecular weight excluding hydrogens is 562 g/mol. The molecule has 11 heteroatoms. The van der Waals surface area contributed by atoms with Gasteiger partial charge in [-0.15, -0.1) is 0 Å². The van der Waals surface area contributed by atoms with Gasteiger partial charge in [-0.3, -0.25) is 9.59 Å². The van der Waals surface area contributed by atoms with Crippen molar-refractivity contribution in [3.63, 3.8) is 0 Å². The molecule has 10 nitrogen and oxygen atoms in total. The maximum absolute atomic E-state index is 13.3. The lowest BCUT2D eigenvalue weighted by molar-refractivity contribution is -0.137. The molecule has 2 atom stereocenters. The van der Waals surface area contributed by atoms with Crippen molar-refractivity contribution < 1.29 is 33.8 Å². The number of allylic oxidation sites excluding steroid dienone is 1. The fourth-order valence-electron chi connectivity index (χ4n) is 4.82. The molecule has 2 N–H and O–H groups in total. The zero-order valence-corrected chi connectivity index (χ0v) is 25.5. The minimum atomic E-state index is -0.558. The number of hydrogen-bond donors (Lipinski definition) is 2. The number of aromatic hydroxyl groups is 1. The van der Waals surface area contributed by atoms with E-state index in [1.165, 1.54) is 13.0 Å². The first-order valence-corrected chi connectivity index (χ1v) is 14.9. The minimum Gasteiger partial charge on any atom is -0.506 e. The van der Waals surface area contributed by atoms with Crippen molar-refractivity contribution in [2.24, 2.45) is 5.16 Å². The lowest BCUT2D eigenvalue weighted by atomic mass is 9.96. The first-order chi connectivity index (χ1) is 20.2. The van der Waals surface area contributed by atoms with Gasteiger partial charge in [-0.2, -0.15) is 0 Å². The average Bonchev–Trinajstić information content (AvgIpc) is 2.94. The van der Waals surface area contributed by atoms with Crippen LogP contribution in [0.3, 0.4) is 0 Å². The van der Waals surface area contributed by atoms with Crippen LogP contribution in [0.5, 0.6) is 5.75 Å². The zero-order valence-electron chi connectivity index (χ0n) is 24.7. The Morgan fingerprint density at radius 3 is 2.71 bits per heavy atom. The van der Waals surface area contributed by atoms with Crippen LogP contribution in [-0.2, 0) is 30.3 Å². The fourth-order valence-corrected chi connectivity index (χ4v) is 5.04. The second-order valence-corrected chi connectivity index (χ2v) is 11.0. The number of halogens is 1. The van der Waals surface area contributed by atoms with Crippen molar-refractivity contribution in [3.05, 3.63) is 52.1 Å². The number of nitrogens with one attached hydrogen (secondary N) is 1. The molecule has 0 saturated carbocycles. The van der Waals surface area contributed by atoms with E-state index < -0.39 is 12.1 Å². The van der Waals surface area contributed by atoms with E-state index in [1.54, 1.807) is 24.8 Å². The van der Waals surface area contributed by atoms with E-state index in [0.29, 0.717) is 62.3 Å². The normalized spacial score (nSPS) is 22.4. The van der Waals surface area contributed by atoms with Crippen LogP contribution >= 0.6 is 11.6 Å². The number of aryl methyl sites for hydroxylation is 1. The number of amides is 2. The van der Waals surface area contributed by atoms with Crippen LogP contribution in [-0.4, -0.2) is 78.6 Å². The van der Waals surface area contributed by atoms with Crippen LogP contribution in [0.4, 0.5) is 0 Å². The molecule has 1 saturated heterocycles. The van der Waals surface area contributed by atoms with Gasteiger partial charge in [0.2, 0.25) is 5.91 Å². The number of esters is 1. The molecule has 2 heterocycles. The molecule has 42 heavy (non-hydrogen) atoms. The molecule has 0 radical (unpaired) electrons. The number of fused-ring (bicyclic) bond motifs is 1. The van der Waals surface area contributed by atoms with E-state index in [9.17, 15) is 19.5 Å². The Bertz CT molecular complexity index is 1190. The Hall–Kier alpha value is -3.37. The number of nitrogens with zero attached hydrogens (tertiary/aromatic N) is 2. The number of carbonyl (C=O) groups excluding carboxylic acids is 3. The number of hydrogen-bond acceptors (Lipinski definition) is 8. The molecule has 1 aromatic carbocycles. The maximum Gasteiger partial charge on any atom is 0.339 e. The van der Waals surface area contributed by atoms with Crippen LogP contribution in [0.15, 0.2) is 35.5 Å². The van der Waals surface area contributed by atoms with Gasteiger partial charge in [-0.05, 0) is 69.2 Å². The highest BCUT2D eigenvalue weighted by atomic mass is 35.5. The summed E-state index contributed by atoms with van der Waals surface area (Å²) in [7, 11) is 0. The Morgan fingerprint density at radius 2 is 1.98 bits per heavy atom. The molecule has 0 aromatic heterocycles. The smallest absolute Gasteiger partial charge is 0.339 e. The number of likely N-dealkylation sites (tertiary alicyclic amines) is 1. The van der Waals surface area contributed by atoms with E-state index in [2.05, 4.69) is 10.5 Å². The van der Waals surface area contributed by atoms with Gasteiger partial charge in [0.1, 0.15) is 11.9 Å². The zero-order chi connectivity index (χ0) is 30.5. The molecule has 1 unspecified atom stereocenters. The van der Waals surface area contributed by atoms with Crippen LogP contribution in [0, 0.1) is 6.92 Å². The number of piperidine rings is 1.